The molecular formula is C10H11N3O3S. The molecule has 7 heteroatoms. The molecule has 0 unspecified atom stereocenters. The van der Waals surface area contributed by atoms with Crippen LogP contribution in [0.1, 0.15) is 22.0 Å². The number of nitrogens with zero attached hydrogens (tertiary/aromatic N) is 1. The van der Waals surface area contributed by atoms with Gasteiger partial charge in [0.15, 0.2) is 5.69 Å². The number of thioether (sulfide) groups is 1. The second kappa shape index (κ2) is 5.07. The Balaban J connectivity index is 1.98. The van der Waals surface area contributed by atoms with Crippen LogP contribution in [0.5, 0.6) is 0 Å². The fourth-order valence-electron chi connectivity index (χ4n) is 1.23. The Labute approximate surface area is 101 Å². The normalized spacial score (nSPS) is 10.5. The molecule has 6 nitrogen and oxygen atoms in total. The third-order valence-corrected chi connectivity index (χ3v) is 3.27. The van der Waals surface area contributed by atoms with Crippen LogP contribution in [-0.2, 0) is 5.75 Å². The molecule has 3 N–H and O–H groups in total. The molecule has 17 heavy (non-hydrogen) atoms. The number of hydrogen-bond donors (Lipinski definition) is 2. The van der Waals surface area contributed by atoms with Gasteiger partial charge in [-0.25, -0.2) is 5.84 Å². The predicted molar refractivity (Wildman–Crippen MR) is 61.2 cm³/mol. The predicted octanol–water partition coefficient (Wildman–Crippen LogP) is 1.47. The van der Waals surface area contributed by atoms with Crippen molar-refractivity contribution >= 4 is 17.7 Å². The Bertz CT molecular complexity index is 520. The number of hydrazine groups is 1. The van der Waals surface area contributed by atoms with Gasteiger partial charge in [0.25, 0.3) is 5.91 Å². The van der Waals surface area contributed by atoms with E-state index in [2.05, 4.69) is 5.16 Å². The van der Waals surface area contributed by atoms with E-state index in [4.69, 9.17) is 14.8 Å². The fourth-order valence-corrected chi connectivity index (χ4v) is 2.07. The Morgan fingerprint density at radius 3 is 3.12 bits per heavy atom. The van der Waals surface area contributed by atoms with Gasteiger partial charge in [-0.1, -0.05) is 5.16 Å². The van der Waals surface area contributed by atoms with Crippen molar-refractivity contribution in [2.75, 3.05) is 0 Å². The number of aromatic nitrogens is 1. The van der Waals surface area contributed by atoms with Crippen molar-refractivity contribution in [2.45, 2.75) is 17.6 Å². The Morgan fingerprint density at radius 1 is 1.65 bits per heavy atom. The maximum Gasteiger partial charge on any atom is 0.287 e. The van der Waals surface area contributed by atoms with E-state index in [0.29, 0.717) is 11.5 Å². The Kier molecular flexibility index (Phi) is 3.50. The number of rotatable bonds is 4. The molecule has 0 atom stereocenters. The maximum atomic E-state index is 11.1. The number of nitrogen functional groups attached to an aromatic ring is 1. The number of nitrogens with one attached hydrogen (secondary N) is 1. The lowest BCUT2D eigenvalue weighted by Gasteiger charge is -1.94. The molecule has 1 amide bonds. The average Bonchev–Trinajstić information content (AvgIpc) is 2.94. The third-order valence-electron chi connectivity index (χ3n) is 2.10. The summed E-state index contributed by atoms with van der Waals surface area (Å²) in [6, 6.07) is 3.44. The average molecular weight is 253 g/mol. The quantitative estimate of drug-likeness (QED) is 0.371. The fraction of sp³-hybridized carbons (Fsp3) is 0.200. The van der Waals surface area contributed by atoms with Crippen LogP contribution in [0.15, 0.2) is 32.2 Å². The first kappa shape index (κ1) is 11.7. The molecule has 0 bridgehead atoms. The van der Waals surface area contributed by atoms with Gasteiger partial charge in [-0.3, -0.25) is 10.2 Å². The van der Waals surface area contributed by atoms with Gasteiger partial charge in [0.1, 0.15) is 11.5 Å². The molecule has 2 heterocycles. The number of carbonyl (C=O) groups is 1. The lowest BCUT2D eigenvalue weighted by Crippen LogP contribution is -2.30. The Hall–Kier alpha value is -1.73. The zero-order valence-electron chi connectivity index (χ0n) is 9.10. The van der Waals surface area contributed by atoms with Crippen LogP contribution in [0.25, 0.3) is 0 Å². The molecule has 0 fully saturated rings. The van der Waals surface area contributed by atoms with Gasteiger partial charge >= 0.3 is 0 Å². The first-order valence-corrected chi connectivity index (χ1v) is 5.82. The van der Waals surface area contributed by atoms with E-state index in [0.717, 1.165) is 10.7 Å². The molecule has 0 spiro atoms. The van der Waals surface area contributed by atoms with Gasteiger partial charge < -0.3 is 8.94 Å². The minimum atomic E-state index is -0.468. The highest BCUT2D eigenvalue weighted by Gasteiger charge is 2.12. The molecule has 0 radical (unpaired) electrons. The molecule has 0 aliphatic rings. The molecule has 2 aromatic rings. The summed E-state index contributed by atoms with van der Waals surface area (Å²) < 4.78 is 10.2. The lowest BCUT2D eigenvalue weighted by atomic mass is 10.4. The summed E-state index contributed by atoms with van der Waals surface area (Å²) in [4.78, 5) is 12.2. The highest BCUT2D eigenvalue weighted by Crippen LogP contribution is 2.26. The van der Waals surface area contributed by atoms with E-state index in [-0.39, 0.29) is 5.69 Å². The minimum absolute atomic E-state index is 0.173. The molecule has 0 saturated heterocycles. The van der Waals surface area contributed by atoms with Crippen molar-refractivity contribution < 1.29 is 13.7 Å². The number of hydrogen-bond acceptors (Lipinski definition) is 6. The van der Waals surface area contributed by atoms with E-state index in [9.17, 15) is 4.79 Å². The molecule has 0 saturated carbocycles. The number of nitrogens with two attached hydrogens (primary N) is 1. The molecular weight excluding hydrogens is 242 g/mol. The van der Waals surface area contributed by atoms with Gasteiger partial charge in [0, 0.05) is 11.0 Å². The summed E-state index contributed by atoms with van der Waals surface area (Å²) in [6.07, 6.45) is 1.63. The summed E-state index contributed by atoms with van der Waals surface area (Å²) >= 11 is 1.55. The zero-order valence-corrected chi connectivity index (χ0v) is 9.91. The van der Waals surface area contributed by atoms with Crippen LogP contribution in [0, 0.1) is 6.92 Å². The van der Waals surface area contributed by atoms with Crippen LogP contribution < -0.4 is 11.3 Å². The van der Waals surface area contributed by atoms with E-state index in [1.54, 1.807) is 24.1 Å². The van der Waals surface area contributed by atoms with Gasteiger partial charge in [-0.15, -0.1) is 11.8 Å². The van der Waals surface area contributed by atoms with Crippen molar-refractivity contribution in [1.29, 1.82) is 0 Å². The highest BCUT2D eigenvalue weighted by molar-refractivity contribution is 7.98. The van der Waals surface area contributed by atoms with E-state index >= 15 is 0 Å². The number of furan rings is 1. The van der Waals surface area contributed by atoms with Gasteiger partial charge in [-0.05, 0) is 13.0 Å². The lowest BCUT2D eigenvalue weighted by molar-refractivity contribution is 0.0944. The second-order valence-corrected chi connectivity index (χ2v) is 4.30. The van der Waals surface area contributed by atoms with E-state index < -0.39 is 5.91 Å². The van der Waals surface area contributed by atoms with Gasteiger partial charge in [0.2, 0.25) is 0 Å². The van der Waals surface area contributed by atoms with Crippen molar-refractivity contribution in [3.8, 4) is 0 Å². The monoisotopic (exact) mass is 253 g/mol. The van der Waals surface area contributed by atoms with Gasteiger partial charge in [-0.2, -0.15) is 0 Å². The summed E-state index contributed by atoms with van der Waals surface area (Å²) in [7, 11) is 0. The number of aryl methyl sites for hydroxylation is 1. The third kappa shape index (κ3) is 2.69. The smallest absolute Gasteiger partial charge is 0.287 e. The molecule has 2 rings (SSSR count). The summed E-state index contributed by atoms with van der Waals surface area (Å²) in [6.45, 7) is 1.88. The van der Waals surface area contributed by atoms with Crippen LogP contribution in [0.2, 0.25) is 0 Å². The van der Waals surface area contributed by atoms with Gasteiger partial charge in [0.05, 0.1) is 12.0 Å². The number of amides is 1. The topological polar surface area (TPSA) is 94.3 Å². The standard InChI is InChI=1S/C10H11N3O3S/c1-6-9(2-3-15-6)17-5-7-4-8(13-16-7)10(14)12-11/h2-4H,5,11H2,1H3,(H,12,14). The molecule has 0 aliphatic heterocycles. The largest absolute Gasteiger partial charge is 0.468 e. The zero-order chi connectivity index (χ0) is 12.3. The molecule has 0 aliphatic carbocycles. The summed E-state index contributed by atoms with van der Waals surface area (Å²) in [5, 5.41) is 3.61. The molecule has 2 aromatic heterocycles. The Morgan fingerprint density at radius 2 is 2.47 bits per heavy atom. The maximum absolute atomic E-state index is 11.1. The number of carbonyl (C=O) groups excluding carboxylic acids is 1. The van der Waals surface area contributed by atoms with Crippen molar-refractivity contribution in [3.05, 3.63) is 35.6 Å². The minimum Gasteiger partial charge on any atom is -0.468 e. The van der Waals surface area contributed by atoms with Crippen LogP contribution in [0.3, 0.4) is 0 Å². The SMILES string of the molecule is Cc1occc1SCc1cc(C(=O)NN)no1. The molecule has 0 aromatic carbocycles. The summed E-state index contributed by atoms with van der Waals surface area (Å²) in [5.74, 6) is 6.55. The van der Waals surface area contributed by atoms with Crippen molar-refractivity contribution in [1.82, 2.24) is 10.6 Å². The highest BCUT2D eigenvalue weighted by atomic mass is 32.2. The van der Waals surface area contributed by atoms with Crippen LogP contribution in [-0.4, -0.2) is 11.1 Å². The van der Waals surface area contributed by atoms with E-state index in [1.165, 1.54) is 0 Å². The van der Waals surface area contributed by atoms with Crippen molar-refractivity contribution in [2.24, 2.45) is 5.84 Å². The first-order valence-electron chi connectivity index (χ1n) is 4.84. The van der Waals surface area contributed by atoms with Crippen LogP contribution >= 0.6 is 11.8 Å². The first-order chi connectivity index (χ1) is 8.20. The van der Waals surface area contributed by atoms with E-state index in [1.807, 2.05) is 18.4 Å². The van der Waals surface area contributed by atoms with Crippen LogP contribution in [0.4, 0.5) is 0 Å². The molecule has 90 valence electrons. The summed E-state index contributed by atoms with van der Waals surface area (Å²) in [5.41, 5.74) is 2.16. The van der Waals surface area contributed by atoms with Crippen molar-refractivity contribution in [3.63, 3.8) is 0 Å². The second-order valence-electron chi connectivity index (χ2n) is 3.28.